The van der Waals surface area contributed by atoms with Crippen LogP contribution < -0.4 is 4.72 Å². The fourth-order valence-electron chi connectivity index (χ4n) is 2.71. The Morgan fingerprint density at radius 2 is 1.67 bits per heavy atom. The van der Waals surface area contributed by atoms with E-state index in [1.54, 1.807) is 18.3 Å². The van der Waals surface area contributed by atoms with Gasteiger partial charge in [0, 0.05) is 24.4 Å². The molecule has 0 fully saturated rings. The van der Waals surface area contributed by atoms with Crippen molar-refractivity contribution in [2.45, 2.75) is 19.2 Å². The van der Waals surface area contributed by atoms with E-state index in [9.17, 15) is 17.2 Å². The molecule has 7 heteroatoms. The number of halogens is 2. The second-order valence-electron chi connectivity index (χ2n) is 6.24. The topological polar surface area (TPSA) is 59.1 Å². The first-order valence-corrected chi connectivity index (χ1v) is 9.91. The zero-order chi connectivity index (χ0) is 19.4. The van der Waals surface area contributed by atoms with E-state index in [0.29, 0.717) is 17.3 Å². The lowest BCUT2D eigenvalue weighted by Gasteiger charge is -2.11. The average Bonchev–Trinajstić information content (AvgIpc) is 2.60. The Labute approximate surface area is 157 Å². The van der Waals surface area contributed by atoms with Crippen molar-refractivity contribution in [2.24, 2.45) is 0 Å². The standard InChI is InChI=1S/C20H18F2N2O2S/c1-14-4-6-16(7-5-14)20-17(3-2-8-23-20)12-24-27(25,26)13-15-9-18(21)11-19(22)10-15/h2-11,24H,12-13H2,1H3. The molecule has 1 heterocycles. The maximum atomic E-state index is 13.3. The second kappa shape index (κ2) is 7.94. The molecule has 0 aliphatic heterocycles. The zero-order valence-corrected chi connectivity index (χ0v) is 15.4. The highest BCUT2D eigenvalue weighted by atomic mass is 32.2. The number of aryl methyl sites for hydroxylation is 1. The monoisotopic (exact) mass is 388 g/mol. The Morgan fingerprint density at radius 1 is 1.00 bits per heavy atom. The van der Waals surface area contributed by atoms with Crippen molar-refractivity contribution in [3.63, 3.8) is 0 Å². The van der Waals surface area contributed by atoms with Gasteiger partial charge in [-0.2, -0.15) is 0 Å². The molecule has 0 bridgehead atoms. The SMILES string of the molecule is Cc1ccc(-c2ncccc2CNS(=O)(=O)Cc2cc(F)cc(F)c2)cc1. The number of sulfonamides is 1. The van der Waals surface area contributed by atoms with Crippen molar-refractivity contribution in [2.75, 3.05) is 0 Å². The number of pyridine rings is 1. The lowest BCUT2D eigenvalue weighted by atomic mass is 10.0. The van der Waals surface area contributed by atoms with Crippen LogP contribution in [0, 0.1) is 18.6 Å². The third kappa shape index (κ3) is 5.18. The van der Waals surface area contributed by atoms with E-state index in [2.05, 4.69) is 9.71 Å². The van der Waals surface area contributed by atoms with Crippen molar-refractivity contribution >= 4 is 10.0 Å². The minimum absolute atomic E-state index is 0.0250. The van der Waals surface area contributed by atoms with Gasteiger partial charge in [-0.05, 0) is 36.2 Å². The molecule has 27 heavy (non-hydrogen) atoms. The van der Waals surface area contributed by atoms with Crippen LogP contribution in [0.4, 0.5) is 8.78 Å². The summed E-state index contributed by atoms with van der Waals surface area (Å²) in [6.07, 6.45) is 1.64. The van der Waals surface area contributed by atoms with Crippen molar-refractivity contribution in [3.05, 3.63) is 89.1 Å². The van der Waals surface area contributed by atoms with E-state index in [1.807, 2.05) is 31.2 Å². The second-order valence-corrected chi connectivity index (χ2v) is 8.04. The Hall–Kier alpha value is -2.64. The van der Waals surface area contributed by atoms with Gasteiger partial charge in [-0.15, -0.1) is 0 Å². The zero-order valence-electron chi connectivity index (χ0n) is 14.6. The molecule has 0 aliphatic rings. The van der Waals surface area contributed by atoms with Gasteiger partial charge in [-0.25, -0.2) is 21.9 Å². The van der Waals surface area contributed by atoms with E-state index in [-0.39, 0.29) is 12.1 Å². The molecule has 2 aromatic carbocycles. The Bertz CT molecular complexity index is 1030. The summed E-state index contributed by atoms with van der Waals surface area (Å²) in [4.78, 5) is 4.35. The van der Waals surface area contributed by atoms with Crippen LogP contribution in [0.15, 0.2) is 60.8 Å². The van der Waals surface area contributed by atoms with Crippen molar-refractivity contribution in [1.29, 1.82) is 0 Å². The molecule has 0 aliphatic carbocycles. The van der Waals surface area contributed by atoms with Gasteiger partial charge in [0.15, 0.2) is 0 Å². The molecule has 140 valence electrons. The Balaban J connectivity index is 1.77. The molecule has 0 saturated heterocycles. The molecule has 3 rings (SSSR count). The Morgan fingerprint density at radius 3 is 2.33 bits per heavy atom. The summed E-state index contributed by atoms with van der Waals surface area (Å²) >= 11 is 0. The first-order valence-electron chi connectivity index (χ1n) is 8.26. The lowest BCUT2D eigenvalue weighted by Crippen LogP contribution is -2.25. The van der Waals surface area contributed by atoms with Crippen LogP contribution in [0.3, 0.4) is 0 Å². The predicted octanol–water partition coefficient (Wildman–Crippen LogP) is 3.95. The maximum Gasteiger partial charge on any atom is 0.216 e. The molecule has 1 aromatic heterocycles. The van der Waals surface area contributed by atoms with Gasteiger partial charge < -0.3 is 0 Å². The number of aromatic nitrogens is 1. The van der Waals surface area contributed by atoms with Crippen LogP contribution >= 0.6 is 0 Å². The number of nitrogens with one attached hydrogen (secondary N) is 1. The van der Waals surface area contributed by atoms with Crippen molar-refractivity contribution < 1.29 is 17.2 Å². The number of nitrogens with zero attached hydrogens (tertiary/aromatic N) is 1. The highest BCUT2D eigenvalue weighted by molar-refractivity contribution is 7.88. The van der Waals surface area contributed by atoms with E-state index in [1.165, 1.54) is 0 Å². The fourth-order valence-corrected chi connectivity index (χ4v) is 3.79. The van der Waals surface area contributed by atoms with Crippen LogP contribution in [0.25, 0.3) is 11.3 Å². The first kappa shape index (κ1) is 19.1. The van der Waals surface area contributed by atoms with Crippen LogP contribution in [-0.2, 0) is 22.3 Å². The van der Waals surface area contributed by atoms with E-state index < -0.39 is 27.4 Å². The van der Waals surface area contributed by atoms with Crippen molar-refractivity contribution in [3.8, 4) is 11.3 Å². The van der Waals surface area contributed by atoms with Gasteiger partial charge in [0.1, 0.15) is 11.6 Å². The Kier molecular flexibility index (Phi) is 5.62. The summed E-state index contributed by atoms with van der Waals surface area (Å²) in [7, 11) is -3.78. The van der Waals surface area contributed by atoms with E-state index in [0.717, 1.165) is 23.3 Å². The third-order valence-corrected chi connectivity index (χ3v) is 5.28. The highest BCUT2D eigenvalue weighted by Gasteiger charge is 2.15. The molecule has 3 aromatic rings. The van der Waals surface area contributed by atoms with Gasteiger partial charge in [0.2, 0.25) is 10.0 Å². The first-order chi connectivity index (χ1) is 12.8. The molecular formula is C20H18F2N2O2S. The van der Waals surface area contributed by atoms with Crippen molar-refractivity contribution in [1.82, 2.24) is 9.71 Å². The van der Waals surface area contributed by atoms with Crippen LogP contribution in [0.1, 0.15) is 16.7 Å². The van der Waals surface area contributed by atoms with Crippen LogP contribution in [0.5, 0.6) is 0 Å². The average molecular weight is 388 g/mol. The summed E-state index contributed by atoms with van der Waals surface area (Å²) < 4.78 is 53.6. The predicted molar refractivity (Wildman–Crippen MR) is 100 cm³/mol. The van der Waals surface area contributed by atoms with Gasteiger partial charge >= 0.3 is 0 Å². The van der Waals surface area contributed by atoms with Crippen LogP contribution in [-0.4, -0.2) is 13.4 Å². The quantitative estimate of drug-likeness (QED) is 0.696. The van der Waals surface area contributed by atoms with E-state index >= 15 is 0 Å². The largest absolute Gasteiger partial charge is 0.256 e. The summed E-state index contributed by atoms with van der Waals surface area (Å²) in [5.74, 6) is -2.13. The molecule has 4 nitrogen and oxygen atoms in total. The number of rotatable bonds is 6. The molecule has 1 N–H and O–H groups in total. The minimum Gasteiger partial charge on any atom is -0.256 e. The minimum atomic E-state index is -3.78. The van der Waals surface area contributed by atoms with E-state index in [4.69, 9.17) is 0 Å². The highest BCUT2D eigenvalue weighted by Crippen LogP contribution is 2.22. The normalized spacial score (nSPS) is 11.5. The molecule has 0 spiro atoms. The van der Waals surface area contributed by atoms with Gasteiger partial charge in [-0.3, -0.25) is 4.98 Å². The number of hydrogen-bond donors (Lipinski definition) is 1. The molecule has 0 unspecified atom stereocenters. The summed E-state index contributed by atoms with van der Waals surface area (Å²) in [6, 6.07) is 14.0. The molecule has 0 atom stereocenters. The number of benzene rings is 2. The van der Waals surface area contributed by atoms with Gasteiger partial charge in [0.05, 0.1) is 11.4 Å². The smallest absolute Gasteiger partial charge is 0.216 e. The van der Waals surface area contributed by atoms with Gasteiger partial charge in [0.25, 0.3) is 0 Å². The third-order valence-electron chi connectivity index (χ3n) is 3.98. The molecule has 0 saturated carbocycles. The molecular weight excluding hydrogens is 370 g/mol. The summed E-state index contributed by atoms with van der Waals surface area (Å²) in [5, 5.41) is 0. The number of hydrogen-bond acceptors (Lipinski definition) is 3. The molecule has 0 amide bonds. The molecule has 0 radical (unpaired) electrons. The maximum absolute atomic E-state index is 13.3. The summed E-state index contributed by atoms with van der Waals surface area (Å²) in [6.45, 7) is 2.00. The lowest BCUT2D eigenvalue weighted by molar-refractivity contribution is 0.574. The van der Waals surface area contributed by atoms with Crippen LogP contribution in [0.2, 0.25) is 0 Å². The van der Waals surface area contributed by atoms with Gasteiger partial charge in [-0.1, -0.05) is 35.9 Å². The summed E-state index contributed by atoms with van der Waals surface area (Å²) in [5.41, 5.74) is 3.42. The fraction of sp³-hybridized carbons (Fsp3) is 0.150.